The van der Waals surface area contributed by atoms with Crippen LogP contribution in [0.15, 0.2) is 93.1 Å². The Labute approximate surface area is 160 Å². The Bertz CT molecular complexity index is 1220. The van der Waals surface area contributed by atoms with Crippen molar-refractivity contribution in [1.29, 1.82) is 0 Å². The number of oxazole rings is 1. The summed E-state index contributed by atoms with van der Waals surface area (Å²) in [4.78, 5) is 10.4. The highest BCUT2D eigenvalue weighted by molar-refractivity contribution is 7.99. The van der Waals surface area contributed by atoms with Crippen LogP contribution in [0.2, 0.25) is 0 Å². The molecule has 0 aliphatic heterocycles. The third-order valence-corrected chi connectivity index (χ3v) is 5.50. The van der Waals surface area contributed by atoms with E-state index in [1.165, 1.54) is 15.2 Å². The molecule has 0 atom stereocenters. The molecular formula is C23H16N2OS. The van der Waals surface area contributed by atoms with Gasteiger partial charge in [-0.3, -0.25) is 0 Å². The first-order chi connectivity index (χ1) is 13.4. The predicted molar refractivity (Wildman–Crippen MR) is 112 cm³/mol. The molecule has 0 bridgehead atoms. The zero-order chi connectivity index (χ0) is 18.1. The minimum absolute atomic E-state index is 0.602. The number of H-pyrrole nitrogens is 1. The minimum atomic E-state index is 0.602. The maximum absolute atomic E-state index is 5.80. The van der Waals surface area contributed by atoms with E-state index in [1.54, 1.807) is 11.8 Å². The lowest BCUT2D eigenvalue weighted by Gasteiger charge is -2.02. The molecule has 27 heavy (non-hydrogen) atoms. The van der Waals surface area contributed by atoms with Crippen molar-refractivity contribution < 1.29 is 4.42 Å². The zero-order valence-corrected chi connectivity index (χ0v) is 15.2. The van der Waals surface area contributed by atoms with Crippen molar-refractivity contribution in [3.8, 4) is 0 Å². The Morgan fingerprint density at radius 2 is 1.59 bits per heavy atom. The molecule has 0 saturated heterocycles. The fraction of sp³-hybridized carbons (Fsp3) is 0. The van der Waals surface area contributed by atoms with Crippen LogP contribution in [-0.4, -0.2) is 9.97 Å². The van der Waals surface area contributed by atoms with E-state index in [9.17, 15) is 0 Å². The number of nitrogens with one attached hydrogen (secondary N) is 1. The van der Waals surface area contributed by atoms with Crippen molar-refractivity contribution >= 4 is 45.9 Å². The van der Waals surface area contributed by atoms with E-state index in [4.69, 9.17) is 4.42 Å². The molecular weight excluding hydrogens is 352 g/mol. The molecule has 0 radical (unpaired) electrons. The number of para-hydroxylation sites is 3. The van der Waals surface area contributed by atoms with Crippen molar-refractivity contribution in [3.05, 3.63) is 90.4 Å². The third-order valence-electron chi connectivity index (χ3n) is 4.35. The van der Waals surface area contributed by atoms with Crippen LogP contribution in [-0.2, 0) is 0 Å². The molecule has 0 saturated carbocycles. The van der Waals surface area contributed by atoms with Gasteiger partial charge in [0.25, 0.3) is 0 Å². The van der Waals surface area contributed by atoms with E-state index in [0.29, 0.717) is 5.89 Å². The van der Waals surface area contributed by atoms with E-state index in [-0.39, 0.29) is 0 Å². The number of rotatable bonds is 4. The number of benzene rings is 3. The van der Waals surface area contributed by atoms with Gasteiger partial charge in [0.2, 0.25) is 5.89 Å². The Kier molecular flexibility index (Phi) is 4.03. The van der Waals surface area contributed by atoms with Gasteiger partial charge in [-0.25, -0.2) is 4.98 Å². The van der Waals surface area contributed by atoms with Crippen molar-refractivity contribution in [1.82, 2.24) is 9.97 Å². The summed E-state index contributed by atoms with van der Waals surface area (Å²) in [6, 6.07) is 26.6. The first kappa shape index (κ1) is 16.0. The summed E-state index contributed by atoms with van der Waals surface area (Å²) in [6.45, 7) is 0. The molecule has 3 aromatic carbocycles. The summed E-state index contributed by atoms with van der Waals surface area (Å²) in [5.41, 5.74) is 3.83. The summed E-state index contributed by atoms with van der Waals surface area (Å²) in [7, 11) is 0. The highest BCUT2D eigenvalue weighted by Crippen LogP contribution is 2.37. The highest BCUT2D eigenvalue weighted by atomic mass is 32.2. The van der Waals surface area contributed by atoms with Gasteiger partial charge >= 0.3 is 0 Å². The number of aromatic nitrogens is 2. The number of hydrogen-bond acceptors (Lipinski definition) is 3. The highest BCUT2D eigenvalue weighted by Gasteiger charge is 2.11. The van der Waals surface area contributed by atoms with Crippen LogP contribution in [0.5, 0.6) is 0 Å². The summed E-state index contributed by atoms with van der Waals surface area (Å²) < 4.78 is 5.80. The first-order valence-corrected chi connectivity index (χ1v) is 9.56. The number of fused-ring (bicyclic) bond motifs is 2. The molecule has 0 aliphatic rings. The Morgan fingerprint density at radius 1 is 0.815 bits per heavy atom. The monoisotopic (exact) mass is 368 g/mol. The van der Waals surface area contributed by atoms with E-state index >= 15 is 0 Å². The van der Waals surface area contributed by atoms with Crippen molar-refractivity contribution in [2.45, 2.75) is 9.79 Å². The van der Waals surface area contributed by atoms with Crippen LogP contribution >= 0.6 is 11.8 Å². The molecule has 130 valence electrons. The molecule has 2 heterocycles. The fourth-order valence-electron chi connectivity index (χ4n) is 3.09. The lowest BCUT2D eigenvalue weighted by Crippen LogP contribution is -1.77. The summed E-state index contributed by atoms with van der Waals surface area (Å²) >= 11 is 1.76. The minimum Gasteiger partial charge on any atom is -0.437 e. The molecule has 0 spiro atoms. The quantitative estimate of drug-likeness (QED) is 0.387. The average Bonchev–Trinajstić information content (AvgIpc) is 3.28. The van der Waals surface area contributed by atoms with Gasteiger partial charge in [-0.1, -0.05) is 60.3 Å². The molecule has 1 N–H and O–H groups in total. The van der Waals surface area contributed by atoms with Crippen molar-refractivity contribution in [2.24, 2.45) is 0 Å². The number of aromatic amines is 1. The SMILES string of the molecule is C(=C\c1[nH]c2ccccc2c1Sc1ccccc1)/c1nc2ccccc2o1. The second-order valence-electron chi connectivity index (χ2n) is 6.18. The van der Waals surface area contributed by atoms with Gasteiger partial charge in [0.05, 0.1) is 5.69 Å². The predicted octanol–water partition coefficient (Wildman–Crippen LogP) is 6.63. The Hall–Kier alpha value is -3.24. The maximum Gasteiger partial charge on any atom is 0.220 e. The molecule has 5 rings (SSSR count). The van der Waals surface area contributed by atoms with Crippen LogP contribution in [0.25, 0.3) is 34.2 Å². The van der Waals surface area contributed by atoms with E-state index < -0.39 is 0 Å². The molecule has 2 aromatic heterocycles. The van der Waals surface area contributed by atoms with Gasteiger partial charge in [-0.2, -0.15) is 0 Å². The lowest BCUT2D eigenvalue weighted by atomic mass is 10.2. The third kappa shape index (κ3) is 3.15. The lowest BCUT2D eigenvalue weighted by molar-refractivity contribution is 0.589. The summed E-state index contributed by atoms with van der Waals surface area (Å²) in [6.07, 6.45) is 3.95. The Morgan fingerprint density at radius 3 is 2.48 bits per heavy atom. The average molecular weight is 368 g/mol. The molecule has 0 amide bonds. The smallest absolute Gasteiger partial charge is 0.220 e. The van der Waals surface area contributed by atoms with Crippen LogP contribution < -0.4 is 0 Å². The second kappa shape index (κ2) is 6.82. The van der Waals surface area contributed by atoms with E-state index in [2.05, 4.69) is 52.4 Å². The zero-order valence-electron chi connectivity index (χ0n) is 14.4. The maximum atomic E-state index is 5.80. The van der Waals surface area contributed by atoms with Crippen LogP contribution in [0, 0.1) is 0 Å². The molecule has 0 unspecified atom stereocenters. The molecule has 5 aromatic rings. The van der Waals surface area contributed by atoms with Gasteiger partial charge in [-0.05, 0) is 36.4 Å². The van der Waals surface area contributed by atoms with Crippen molar-refractivity contribution in [2.75, 3.05) is 0 Å². The Balaban J connectivity index is 1.56. The standard InChI is InChI=1S/C23H16N2OS/c1-2-8-16(9-3-1)27-23-17-10-4-5-11-18(17)24-20(23)14-15-22-25-19-12-6-7-13-21(19)26-22/h1-15,24H/b15-14+. The van der Waals surface area contributed by atoms with Crippen LogP contribution in [0.3, 0.4) is 0 Å². The second-order valence-corrected chi connectivity index (χ2v) is 7.27. The summed E-state index contributed by atoms with van der Waals surface area (Å²) in [5, 5.41) is 1.21. The van der Waals surface area contributed by atoms with Gasteiger partial charge in [0.1, 0.15) is 5.52 Å². The van der Waals surface area contributed by atoms with E-state index in [0.717, 1.165) is 22.3 Å². The summed E-state index contributed by atoms with van der Waals surface area (Å²) in [5.74, 6) is 0.602. The largest absolute Gasteiger partial charge is 0.437 e. The number of hydrogen-bond donors (Lipinski definition) is 1. The number of nitrogens with zero attached hydrogens (tertiary/aromatic N) is 1. The van der Waals surface area contributed by atoms with Crippen molar-refractivity contribution in [3.63, 3.8) is 0 Å². The van der Waals surface area contributed by atoms with Crippen LogP contribution in [0.4, 0.5) is 0 Å². The van der Waals surface area contributed by atoms with Gasteiger partial charge in [-0.15, -0.1) is 0 Å². The molecule has 0 fully saturated rings. The topological polar surface area (TPSA) is 41.8 Å². The van der Waals surface area contributed by atoms with Gasteiger partial charge in [0.15, 0.2) is 5.58 Å². The molecule has 3 nitrogen and oxygen atoms in total. The van der Waals surface area contributed by atoms with Crippen LogP contribution in [0.1, 0.15) is 11.6 Å². The molecule has 0 aliphatic carbocycles. The van der Waals surface area contributed by atoms with Gasteiger partial charge < -0.3 is 9.40 Å². The van der Waals surface area contributed by atoms with Gasteiger partial charge in [0, 0.05) is 26.8 Å². The van der Waals surface area contributed by atoms with E-state index in [1.807, 2.05) is 48.6 Å². The first-order valence-electron chi connectivity index (χ1n) is 8.74. The normalized spacial score (nSPS) is 11.7. The molecule has 4 heteroatoms. The fourth-order valence-corrected chi connectivity index (χ4v) is 4.13.